The average Bonchev–Trinajstić information content (AvgIpc) is 2.77. The van der Waals surface area contributed by atoms with Gasteiger partial charge < -0.3 is 9.84 Å². The lowest BCUT2D eigenvalue weighted by Crippen LogP contribution is -2.71. The summed E-state index contributed by atoms with van der Waals surface area (Å²) in [6.07, 6.45) is 7.19. The van der Waals surface area contributed by atoms with Crippen LogP contribution in [0.1, 0.15) is 70.9 Å². The summed E-state index contributed by atoms with van der Waals surface area (Å²) >= 11 is 0. The van der Waals surface area contributed by atoms with E-state index in [-0.39, 0.29) is 21.8 Å². The van der Waals surface area contributed by atoms with Crippen LogP contribution < -0.4 is 4.74 Å². The minimum Gasteiger partial charge on any atom is -0.508 e. The van der Waals surface area contributed by atoms with Crippen LogP contribution >= 0.6 is 0 Å². The van der Waals surface area contributed by atoms with E-state index in [1.54, 1.807) is 0 Å². The Kier molecular flexibility index (Phi) is 2.30. The van der Waals surface area contributed by atoms with Crippen LogP contribution in [0.3, 0.4) is 0 Å². The predicted molar refractivity (Wildman–Crippen MR) is 91.0 cm³/mol. The quantitative estimate of drug-likeness (QED) is 0.733. The number of hydrogen-bond acceptors (Lipinski definition) is 2. The third-order valence-corrected chi connectivity index (χ3v) is 9.01. The van der Waals surface area contributed by atoms with Gasteiger partial charge in [0.05, 0.1) is 0 Å². The van der Waals surface area contributed by atoms with Crippen molar-refractivity contribution in [3.8, 4) is 11.5 Å². The van der Waals surface area contributed by atoms with Gasteiger partial charge in [-0.2, -0.15) is 0 Å². The largest absolute Gasteiger partial charge is 0.508 e. The topological polar surface area (TPSA) is 29.5 Å². The van der Waals surface area contributed by atoms with Gasteiger partial charge in [0.1, 0.15) is 17.1 Å². The van der Waals surface area contributed by atoms with Gasteiger partial charge in [0.2, 0.25) is 0 Å². The van der Waals surface area contributed by atoms with E-state index >= 15 is 0 Å². The Hall–Kier alpha value is -1.18. The van der Waals surface area contributed by atoms with E-state index in [2.05, 4.69) is 27.7 Å². The normalized spacial score (nSPS) is 49.5. The number of aromatic hydroxyl groups is 1. The molecule has 2 heteroatoms. The first-order valence-corrected chi connectivity index (χ1v) is 9.33. The SMILES string of the molecule is C[C@@H]1CC[C@@]2(C)C3(C)CCC[C@@]24c2c(ccc(O)c2C[C@@]14C)O3. The molecule has 1 spiro atoms. The lowest BCUT2D eigenvalue weighted by Gasteiger charge is -2.71. The van der Waals surface area contributed by atoms with Crippen molar-refractivity contribution >= 4 is 0 Å². The highest BCUT2D eigenvalue weighted by Gasteiger charge is 2.76. The third kappa shape index (κ3) is 1.19. The third-order valence-electron chi connectivity index (χ3n) is 9.01. The molecule has 0 amide bonds. The zero-order valence-electron chi connectivity index (χ0n) is 14.8. The molecule has 0 aromatic heterocycles. The molecule has 1 aliphatic heterocycles. The van der Waals surface area contributed by atoms with E-state index in [1.807, 2.05) is 12.1 Å². The molecule has 2 fully saturated rings. The highest BCUT2D eigenvalue weighted by Crippen LogP contribution is 2.78. The second-order valence-corrected chi connectivity index (χ2v) is 9.39. The van der Waals surface area contributed by atoms with Crippen molar-refractivity contribution in [1.82, 2.24) is 0 Å². The van der Waals surface area contributed by atoms with Gasteiger partial charge in [0.25, 0.3) is 0 Å². The van der Waals surface area contributed by atoms with E-state index in [0.29, 0.717) is 11.7 Å². The van der Waals surface area contributed by atoms with Crippen LogP contribution in [0.2, 0.25) is 0 Å². The van der Waals surface area contributed by atoms with Crippen molar-refractivity contribution in [2.45, 2.75) is 77.2 Å². The Morgan fingerprint density at radius 1 is 1.13 bits per heavy atom. The summed E-state index contributed by atoms with van der Waals surface area (Å²) in [4.78, 5) is 0. The van der Waals surface area contributed by atoms with Crippen LogP contribution in [0.25, 0.3) is 0 Å². The first-order valence-electron chi connectivity index (χ1n) is 9.33. The Bertz CT molecular complexity index is 725. The average molecular weight is 312 g/mol. The highest BCUT2D eigenvalue weighted by molar-refractivity contribution is 5.61. The zero-order valence-corrected chi connectivity index (χ0v) is 14.8. The highest BCUT2D eigenvalue weighted by atomic mass is 16.5. The van der Waals surface area contributed by atoms with Crippen LogP contribution in [-0.4, -0.2) is 10.7 Å². The molecule has 2 nitrogen and oxygen atoms in total. The lowest BCUT2D eigenvalue weighted by atomic mass is 9.36. The van der Waals surface area contributed by atoms with E-state index in [9.17, 15) is 5.11 Å². The molecule has 2 bridgehead atoms. The van der Waals surface area contributed by atoms with E-state index in [0.717, 1.165) is 18.6 Å². The van der Waals surface area contributed by atoms with E-state index < -0.39 is 0 Å². The molecule has 5 atom stereocenters. The first kappa shape index (κ1) is 14.2. The fourth-order valence-corrected chi connectivity index (χ4v) is 7.46. The van der Waals surface area contributed by atoms with E-state index in [4.69, 9.17) is 4.74 Å². The molecule has 1 aromatic rings. The number of rotatable bonds is 0. The summed E-state index contributed by atoms with van der Waals surface area (Å²) in [6, 6.07) is 3.89. The Labute approximate surface area is 139 Å². The van der Waals surface area contributed by atoms with Crippen molar-refractivity contribution in [2.24, 2.45) is 16.7 Å². The molecule has 1 aromatic carbocycles. The maximum atomic E-state index is 10.6. The fourth-order valence-electron chi connectivity index (χ4n) is 7.46. The van der Waals surface area contributed by atoms with Gasteiger partial charge in [-0.3, -0.25) is 0 Å². The van der Waals surface area contributed by atoms with Gasteiger partial charge in [-0.05, 0) is 68.9 Å². The Morgan fingerprint density at radius 2 is 1.91 bits per heavy atom. The Balaban J connectivity index is 1.94. The number of benzene rings is 1. The van der Waals surface area contributed by atoms with Crippen molar-refractivity contribution in [3.05, 3.63) is 23.3 Å². The predicted octanol–water partition coefficient (Wildman–Crippen LogP) is 4.96. The van der Waals surface area contributed by atoms with Gasteiger partial charge in [-0.25, -0.2) is 0 Å². The molecule has 3 aliphatic carbocycles. The molecule has 2 saturated carbocycles. The molecule has 1 heterocycles. The zero-order chi connectivity index (χ0) is 16.3. The van der Waals surface area contributed by atoms with Crippen molar-refractivity contribution < 1.29 is 9.84 Å². The van der Waals surface area contributed by atoms with Crippen LogP contribution in [0.4, 0.5) is 0 Å². The minimum atomic E-state index is -0.0712. The second kappa shape index (κ2) is 3.73. The summed E-state index contributed by atoms with van der Waals surface area (Å²) in [7, 11) is 0. The summed E-state index contributed by atoms with van der Waals surface area (Å²) < 4.78 is 6.69. The maximum absolute atomic E-state index is 10.6. The van der Waals surface area contributed by atoms with E-state index in [1.165, 1.54) is 36.8 Å². The first-order chi connectivity index (χ1) is 10.8. The van der Waals surface area contributed by atoms with Gasteiger partial charge in [0, 0.05) is 22.0 Å². The van der Waals surface area contributed by atoms with Crippen molar-refractivity contribution in [2.75, 3.05) is 0 Å². The van der Waals surface area contributed by atoms with Crippen molar-refractivity contribution in [3.63, 3.8) is 0 Å². The van der Waals surface area contributed by atoms with Gasteiger partial charge in [-0.1, -0.05) is 20.8 Å². The number of phenols is 1. The van der Waals surface area contributed by atoms with Crippen LogP contribution in [0.5, 0.6) is 11.5 Å². The Morgan fingerprint density at radius 3 is 2.70 bits per heavy atom. The molecule has 4 aliphatic rings. The minimum absolute atomic E-state index is 0.0712. The molecule has 5 rings (SSSR count). The number of ether oxygens (including phenoxy) is 1. The number of hydrogen-bond donors (Lipinski definition) is 1. The molecular weight excluding hydrogens is 284 g/mol. The van der Waals surface area contributed by atoms with Gasteiger partial charge >= 0.3 is 0 Å². The molecule has 124 valence electrons. The molecular formula is C21H28O2. The maximum Gasteiger partial charge on any atom is 0.124 e. The summed E-state index contributed by atoms with van der Waals surface area (Å²) in [5.41, 5.74) is 3.08. The standard InChI is InChI=1S/C21H28O2/c1-13-8-11-19(3)20(4)9-5-10-21(19)17-14(12-18(13,21)2)15(22)6-7-16(17)23-20/h6-7,13,22H,5,8-12H2,1-4H3/t13-,18+,19+,20?,21+/m1/s1. The van der Waals surface area contributed by atoms with Crippen LogP contribution in [-0.2, 0) is 11.8 Å². The smallest absolute Gasteiger partial charge is 0.124 e. The summed E-state index contributed by atoms with van der Waals surface area (Å²) in [5, 5.41) is 10.6. The molecule has 0 radical (unpaired) electrons. The summed E-state index contributed by atoms with van der Waals surface area (Å²) in [6.45, 7) is 9.81. The lowest BCUT2D eigenvalue weighted by molar-refractivity contribution is -0.208. The van der Waals surface area contributed by atoms with Crippen LogP contribution in [0.15, 0.2) is 12.1 Å². The molecule has 1 unspecified atom stereocenters. The monoisotopic (exact) mass is 312 g/mol. The second-order valence-electron chi connectivity index (χ2n) is 9.39. The van der Waals surface area contributed by atoms with Gasteiger partial charge in [0.15, 0.2) is 0 Å². The molecule has 1 N–H and O–H groups in total. The number of phenolic OH excluding ortho intramolecular Hbond substituents is 1. The van der Waals surface area contributed by atoms with Gasteiger partial charge in [-0.15, -0.1) is 0 Å². The van der Waals surface area contributed by atoms with Crippen LogP contribution in [0, 0.1) is 16.7 Å². The molecule has 23 heavy (non-hydrogen) atoms. The molecule has 0 saturated heterocycles. The summed E-state index contributed by atoms with van der Waals surface area (Å²) in [5.74, 6) is 2.24. The van der Waals surface area contributed by atoms with Crippen molar-refractivity contribution in [1.29, 1.82) is 0 Å². The fraction of sp³-hybridized carbons (Fsp3) is 0.714.